The van der Waals surface area contributed by atoms with Crippen LogP contribution in [0.3, 0.4) is 0 Å². The summed E-state index contributed by atoms with van der Waals surface area (Å²) >= 11 is 0. The number of nitrogens with two attached hydrogens (primary N) is 1. The number of ether oxygens (including phenoxy) is 3. The van der Waals surface area contributed by atoms with Crippen molar-refractivity contribution in [3.8, 4) is 17.2 Å². The molecule has 25 heavy (non-hydrogen) atoms. The molecule has 1 amide bonds. The Kier molecular flexibility index (Phi) is 7.88. The lowest BCUT2D eigenvalue weighted by molar-refractivity contribution is 0.102. The molecule has 0 saturated carbocycles. The molecule has 6 nitrogen and oxygen atoms in total. The minimum absolute atomic E-state index is 0. The maximum atomic E-state index is 12.4. The van der Waals surface area contributed by atoms with Crippen LogP contribution in [0.2, 0.25) is 0 Å². The molecular formula is C18H23ClN2O4. The first kappa shape index (κ1) is 20.4. The van der Waals surface area contributed by atoms with Crippen LogP contribution >= 0.6 is 12.4 Å². The van der Waals surface area contributed by atoms with Gasteiger partial charge in [0.2, 0.25) is 0 Å². The monoisotopic (exact) mass is 366 g/mol. The molecule has 0 fully saturated rings. The highest BCUT2D eigenvalue weighted by molar-refractivity contribution is 6.05. The average molecular weight is 367 g/mol. The zero-order chi connectivity index (χ0) is 17.5. The first-order chi connectivity index (χ1) is 11.6. The number of hydrogen-bond donors (Lipinski definition) is 2. The molecule has 2 aromatic carbocycles. The van der Waals surface area contributed by atoms with Gasteiger partial charge in [-0.2, -0.15) is 0 Å². The van der Waals surface area contributed by atoms with Gasteiger partial charge < -0.3 is 25.3 Å². The molecule has 0 unspecified atom stereocenters. The van der Waals surface area contributed by atoms with E-state index in [1.165, 1.54) is 0 Å². The molecule has 0 heterocycles. The van der Waals surface area contributed by atoms with Crippen LogP contribution < -0.4 is 25.3 Å². The third-order valence-corrected chi connectivity index (χ3v) is 3.29. The maximum absolute atomic E-state index is 12.4. The van der Waals surface area contributed by atoms with E-state index in [0.717, 1.165) is 0 Å². The van der Waals surface area contributed by atoms with Crippen molar-refractivity contribution in [2.75, 3.05) is 31.4 Å². The zero-order valence-electron chi connectivity index (χ0n) is 14.5. The van der Waals surface area contributed by atoms with Gasteiger partial charge in [-0.3, -0.25) is 4.79 Å². The standard InChI is InChI=1S/C18H22N2O4.ClH/c1-4-23-16-8-6-12(10-17(16)24-5-2)18(21)20-13-7-9-15(22-3)14(19)11-13;/h6-11H,4-5,19H2,1-3H3,(H,20,21);1H. The molecule has 0 radical (unpaired) electrons. The summed E-state index contributed by atoms with van der Waals surface area (Å²) in [6, 6.07) is 10.2. The van der Waals surface area contributed by atoms with E-state index in [4.69, 9.17) is 19.9 Å². The lowest BCUT2D eigenvalue weighted by atomic mass is 10.1. The second-order valence-electron chi connectivity index (χ2n) is 4.94. The molecular weight excluding hydrogens is 344 g/mol. The number of methoxy groups -OCH3 is 1. The molecule has 0 atom stereocenters. The molecule has 0 saturated heterocycles. The number of nitrogens with one attached hydrogen (secondary N) is 1. The summed E-state index contributed by atoms with van der Waals surface area (Å²) in [6.07, 6.45) is 0. The molecule has 2 rings (SSSR count). The van der Waals surface area contributed by atoms with Gasteiger partial charge in [-0.05, 0) is 50.2 Å². The fourth-order valence-corrected chi connectivity index (χ4v) is 2.21. The van der Waals surface area contributed by atoms with Crippen molar-refractivity contribution in [1.29, 1.82) is 0 Å². The summed E-state index contributed by atoms with van der Waals surface area (Å²) in [5.74, 6) is 1.46. The van der Waals surface area contributed by atoms with Gasteiger partial charge in [0.25, 0.3) is 5.91 Å². The van der Waals surface area contributed by atoms with Gasteiger partial charge in [0.15, 0.2) is 11.5 Å². The summed E-state index contributed by atoms with van der Waals surface area (Å²) in [6.45, 7) is 4.78. The Balaban J connectivity index is 0.00000312. The Morgan fingerprint density at radius 3 is 2.24 bits per heavy atom. The molecule has 0 aliphatic rings. The van der Waals surface area contributed by atoms with E-state index in [1.807, 2.05) is 13.8 Å². The topological polar surface area (TPSA) is 82.8 Å². The number of nitrogen functional groups attached to an aromatic ring is 1. The summed E-state index contributed by atoms with van der Waals surface area (Å²) in [4.78, 5) is 12.4. The molecule has 0 aliphatic heterocycles. The molecule has 0 spiro atoms. The second kappa shape index (κ2) is 9.64. The number of benzene rings is 2. The van der Waals surface area contributed by atoms with Gasteiger partial charge in [-0.15, -0.1) is 12.4 Å². The SMILES string of the molecule is CCOc1ccc(C(=O)Nc2ccc(OC)c(N)c2)cc1OCC.Cl. The zero-order valence-corrected chi connectivity index (χ0v) is 15.3. The van der Waals surface area contributed by atoms with E-state index < -0.39 is 0 Å². The molecule has 0 aromatic heterocycles. The third kappa shape index (κ3) is 5.19. The summed E-state index contributed by atoms with van der Waals surface area (Å²) in [7, 11) is 1.54. The van der Waals surface area contributed by atoms with Crippen LogP contribution in [-0.2, 0) is 0 Å². The number of carbonyl (C=O) groups excluding carboxylic acids is 1. The van der Waals surface area contributed by atoms with Crippen LogP contribution in [0.15, 0.2) is 36.4 Å². The van der Waals surface area contributed by atoms with Crippen LogP contribution in [-0.4, -0.2) is 26.2 Å². The van der Waals surface area contributed by atoms with E-state index in [-0.39, 0.29) is 18.3 Å². The molecule has 0 bridgehead atoms. The van der Waals surface area contributed by atoms with Gasteiger partial charge in [0.05, 0.1) is 26.0 Å². The highest BCUT2D eigenvalue weighted by atomic mass is 35.5. The number of hydrogen-bond acceptors (Lipinski definition) is 5. The predicted molar refractivity (Wildman–Crippen MR) is 101 cm³/mol. The number of halogens is 1. The summed E-state index contributed by atoms with van der Waals surface area (Å²) < 4.78 is 16.1. The Morgan fingerprint density at radius 2 is 1.64 bits per heavy atom. The van der Waals surface area contributed by atoms with Gasteiger partial charge in [0.1, 0.15) is 5.75 Å². The Morgan fingerprint density at radius 1 is 1.00 bits per heavy atom. The molecule has 0 aliphatic carbocycles. The van der Waals surface area contributed by atoms with E-state index in [0.29, 0.717) is 47.4 Å². The second-order valence-corrected chi connectivity index (χ2v) is 4.94. The normalized spacial score (nSPS) is 9.72. The lowest BCUT2D eigenvalue weighted by Gasteiger charge is -2.13. The smallest absolute Gasteiger partial charge is 0.255 e. The average Bonchev–Trinajstić information content (AvgIpc) is 2.57. The van der Waals surface area contributed by atoms with Crippen molar-refractivity contribution in [2.24, 2.45) is 0 Å². The van der Waals surface area contributed by atoms with E-state index in [2.05, 4.69) is 5.32 Å². The molecule has 7 heteroatoms. The Hall–Kier alpha value is -2.60. The van der Waals surface area contributed by atoms with Crippen LogP contribution in [0.5, 0.6) is 17.2 Å². The van der Waals surface area contributed by atoms with Crippen molar-refractivity contribution in [1.82, 2.24) is 0 Å². The minimum atomic E-state index is -0.261. The van der Waals surface area contributed by atoms with Crippen LogP contribution in [0.4, 0.5) is 11.4 Å². The van der Waals surface area contributed by atoms with Crippen LogP contribution in [0.25, 0.3) is 0 Å². The maximum Gasteiger partial charge on any atom is 0.255 e. The van der Waals surface area contributed by atoms with Crippen LogP contribution in [0, 0.1) is 0 Å². The minimum Gasteiger partial charge on any atom is -0.495 e. The fourth-order valence-electron chi connectivity index (χ4n) is 2.21. The van der Waals surface area contributed by atoms with E-state index >= 15 is 0 Å². The number of amides is 1. The first-order valence-electron chi connectivity index (χ1n) is 7.73. The van der Waals surface area contributed by atoms with Gasteiger partial charge >= 0.3 is 0 Å². The number of carbonyl (C=O) groups is 1. The Bertz CT molecular complexity index is 722. The molecule has 2 aromatic rings. The highest BCUT2D eigenvalue weighted by Gasteiger charge is 2.12. The van der Waals surface area contributed by atoms with E-state index in [1.54, 1.807) is 43.5 Å². The highest BCUT2D eigenvalue weighted by Crippen LogP contribution is 2.29. The van der Waals surface area contributed by atoms with Gasteiger partial charge in [0, 0.05) is 11.3 Å². The van der Waals surface area contributed by atoms with Crippen molar-refractivity contribution in [2.45, 2.75) is 13.8 Å². The predicted octanol–water partition coefficient (Wildman–Crippen LogP) is 3.75. The molecule has 136 valence electrons. The quantitative estimate of drug-likeness (QED) is 0.729. The summed E-state index contributed by atoms with van der Waals surface area (Å²) in [5.41, 5.74) is 7.36. The Labute approximate surface area is 153 Å². The molecule has 3 N–H and O–H groups in total. The first-order valence-corrected chi connectivity index (χ1v) is 7.73. The number of anilines is 2. The van der Waals surface area contributed by atoms with Crippen molar-refractivity contribution < 1.29 is 19.0 Å². The fraction of sp³-hybridized carbons (Fsp3) is 0.278. The largest absolute Gasteiger partial charge is 0.495 e. The van der Waals surface area contributed by atoms with E-state index in [9.17, 15) is 4.79 Å². The third-order valence-electron chi connectivity index (χ3n) is 3.29. The van der Waals surface area contributed by atoms with Crippen molar-refractivity contribution in [3.63, 3.8) is 0 Å². The van der Waals surface area contributed by atoms with Gasteiger partial charge in [-0.25, -0.2) is 0 Å². The van der Waals surface area contributed by atoms with Gasteiger partial charge in [-0.1, -0.05) is 0 Å². The van der Waals surface area contributed by atoms with Crippen LogP contribution in [0.1, 0.15) is 24.2 Å². The van der Waals surface area contributed by atoms with Crippen molar-refractivity contribution >= 4 is 29.7 Å². The lowest BCUT2D eigenvalue weighted by Crippen LogP contribution is -2.12. The number of rotatable bonds is 7. The summed E-state index contributed by atoms with van der Waals surface area (Å²) in [5, 5.41) is 2.80. The van der Waals surface area contributed by atoms with Crippen molar-refractivity contribution in [3.05, 3.63) is 42.0 Å².